The van der Waals surface area contributed by atoms with Crippen molar-refractivity contribution in [3.05, 3.63) is 53.6 Å². The van der Waals surface area contributed by atoms with Crippen LogP contribution in [0, 0.1) is 13.8 Å². The van der Waals surface area contributed by atoms with E-state index < -0.39 is 26.2 Å². The van der Waals surface area contributed by atoms with Gasteiger partial charge in [-0.15, -0.1) is 0 Å². The average molecular weight is 568 g/mol. The van der Waals surface area contributed by atoms with Crippen LogP contribution in [0.1, 0.15) is 30.4 Å². The molecule has 0 radical (unpaired) electrons. The summed E-state index contributed by atoms with van der Waals surface area (Å²) < 4.78 is 66.0. The summed E-state index contributed by atoms with van der Waals surface area (Å²) in [6, 6.07) is 11.6. The van der Waals surface area contributed by atoms with Crippen molar-refractivity contribution in [3.63, 3.8) is 0 Å². The minimum absolute atomic E-state index is 0.0000287. The van der Waals surface area contributed by atoms with Gasteiger partial charge in [0.2, 0.25) is 20.0 Å². The molecule has 0 saturated carbocycles. The second-order valence-corrected chi connectivity index (χ2v) is 13.9. The minimum Gasteiger partial charge on any atom is -0.491 e. The first kappa shape index (κ1) is 28.9. The zero-order chi connectivity index (χ0) is 27.6. The number of ether oxygens (including phenoxy) is 2. The van der Waals surface area contributed by atoms with Crippen LogP contribution in [0.5, 0.6) is 5.75 Å². The Hall–Kier alpha value is -2.06. The third kappa shape index (κ3) is 6.56. The van der Waals surface area contributed by atoms with Crippen molar-refractivity contribution in [1.29, 1.82) is 0 Å². The van der Waals surface area contributed by atoms with E-state index in [-0.39, 0.29) is 29.7 Å². The van der Waals surface area contributed by atoms with E-state index >= 15 is 0 Å². The minimum atomic E-state index is -3.58. The fraction of sp³-hybridized carbons (Fsp3) is 0.538. The summed E-state index contributed by atoms with van der Waals surface area (Å²) in [7, 11) is -5.80. The molecule has 210 valence electrons. The van der Waals surface area contributed by atoms with Crippen LogP contribution in [0.25, 0.3) is 0 Å². The molecule has 2 aliphatic rings. The Balaban J connectivity index is 1.24. The highest BCUT2D eigenvalue weighted by molar-refractivity contribution is 7.89. The molecule has 2 aliphatic heterocycles. The molecule has 38 heavy (non-hydrogen) atoms. The summed E-state index contributed by atoms with van der Waals surface area (Å²) in [5.74, 6) is 0.353. The second-order valence-electron chi connectivity index (χ2n) is 10.1. The standard InChI is InChI=1S/C26H37N3O7S2/c1-19-7-8-20(2)25(13-19)38(33,34)29-11-9-26(10-12-29)15-21(17-36-26)28-16-22(30)18-35-23-5-4-6-24(14-23)37(31,32)27-3/h4-8,13-14,21-22,27-28,30H,9-12,15-18H2,1-3H3. The predicted octanol–water partition coefficient (Wildman–Crippen LogP) is 1.55. The number of aryl methyl sites for hydroxylation is 2. The van der Waals surface area contributed by atoms with Crippen LogP contribution in [-0.2, 0) is 24.8 Å². The average Bonchev–Trinajstić information content (AvgIpc) is 3.30. The van der Waals surface area contributed by atoms with Crippen LogP contribution in [0.4, 0.5) is 0 Å². The van der Waals surface area contributed by atoms with Gasteiger partial charge >= 0.3 is 0 Å². The molecule has 1 spiro atoms. The van der Waals surface area contributed by atoms with Crippen LogP contribution in [-0.4, -0.2) is 83.9 Å². The highest BCUT2D eigenvalue weighted by Gasteiger charge is 2.44. The van der Waals surface area contributed by atoms with Gasteiger partial charge in [0.05, 0.1) is 22.0 Å². The number of nitrogens with zero attached hydrogens (tertiary/aromatic N) is 1. The Bertz CT molecular complexity index is 1340. The molecule has 0 amide bonds. The fourth-order valence-electron chi connectivity index (χ4n) is 4.99. The van der Waals surface area contributed by atoms with Crippen molar-refractivity contribution in [2.75, 3.05) is 39.9 Å². The molecule has 0 bridgehead atoms. The number of nitrogens with one attached hydrogen (secondary N) is 2. The summed E-state index contributed by atoms with van der Waals surface area (Å²) in [6.45, 7) is 5.29. The summed E-state index contributed by atoms with van der Waals surface area (Å²) in [4.78, 5) is 0.457. The second kappa shape index (κ2) is 11.6. The molecule has 2 aromatic carbocycles. The lowest BCUT2D eigenvalue weighted by atomic mass is 9.88. The van der Waals surface area contributed by atoms with Gasteiger partial charge in [0.1, 0.15) is 18.5 Å². The van der Waals surface area contributed by atoms with Gasteiger partial charge in [0.15, 0.2) is 0 Å². The summed E-state index contributed by atoms with van der Waals surface area (Å²) >= 11 is 0. The Labute approximate surface area is 225 Å². The zero-order valence-electron chi connectivity index (χ0n) is 22.0. The third-order valence-corrected chi connectivity index (χ3v) is 10.7. The van der Waals surface area contributed by atoms with Crippen LogP contribution < -0.4 is 14.8 Å². The molecule has 0 aliphatic carbocycles. The Morgan fingerprint density at radius 2 is 1.87 bits per heavy atom. The molecule has 2 saturated heterocycles. The summed E-state index contributed by atoms with van der Waals surface area (Å²) in [5.41, 5.74) is 1.29. The maximum absolute atomic E-state index is 13.3. The number of hydrogen-bond donors (Lipinski definition) is 3. The first-order valence-electron chi connectivity index (χ1n) is 12.7. The summed E-state index contributed by atoms with van der Waals surface area (Å²) in [6.07, 6.45) is 1.17. The van der Waals surface area contributed by atoms with E-state index in [2.05, 4.69) is 10.0 Å². The van der Waals surface area contributed by atoms with E-state index in [1.54, 1.807) is 22.5 Å². The van der Waals surface area contributed by atoms with Crippen molar-refractivity contribution < 1.29 is 31.4 Å². The topological polar surface area (TPSA) is 134 Å². The number of rotatable bonds is 10. The van der Waals surface area contributed by atoms with Crippen molar-refractivity contribution in [3.8, 4) is 5.75 Å². The number of aliphatic hydroxyl groups excluding tert-OH is 1. The van der Waals surface area contributed by atoms with E-state index in [9.17, 15) is 21.9 Å². The molecule has 3 N–H and O–H groups in total. The van der Waals surface area contributed by atoms with Crippen LogP contribution in [0.3, 0.4) is 0 Å². The smallest absolute Gasteiger partial charge is 0.243 e. The molecule has 2 unspecified atom stereocenters. The molecular weight excluding hydrogens is 530 g/mol. The van der Waals surface area contributed by atoms with E-state index in [0.29, 0.717) is 43.2 Å². The Morgan fingerprint density at radius 1 is 1.13 bits per heavy atom. The number of aliphatic hydroxyl groups is 1. The molecule has 0 aromatic heterocycles. The van der Waals surface area contributed by atoms with Gasteiger partial charge in [-0.1, -0.05) is 18.2 Å². The third-order valence-electron chi connectivity index (χ3n) is 7.27. The van der Waals surface area contributed by atoms with Crippen molar-refractivity contribution in [1.82, 2.24) is 14.3 Å². The first-order valence-corrected chi connectivity index (χ1v) is 15.7. The maximum atomic E-state index is 13.3. The van der Waals surface area contributed by atoms with Crippen molar-refractivity contribution in [2.45, 2.75) is 60.6 Å². The first-order chi connectivity index (χ1) is 17.9. The number of benzene rings is 2. The summed E-state index contributed by atoms with van der Waals surface area (Å²) in [5, 5.41) is 13.7. The lowest BCUT2D eigenvalue weighted by Crippen LogP contribution is -2.47. The SMILES string of the molecule is CNS(=O)(=O)c1cccc(OCC(O)CNC2COC3(CCN(S(=O)(=O)c4cc(C)ccc4C)CC3)C2)c1. The van der Waals surface area contributed by atoms with E-state index in [4.69, 9.17) is 9.47 Å². The number of piperidine rings is 1. The van der Waals surface area contributed by atoms with Gasteiger partial charge in [-0.25, -0.2) is 21.6 Å². The monoisotopic (exact) mass is 567 g/mol. The van der Waals surface area contributed by atoms with Gasteiger partial charge in [-0.3, -0.25) is 0 Å². The van der Waals surface area contributed by atoms with Gasteiger partial charge in [0.25, 0.3) is 0 Å². The lowest BCUT2D eigenvalue weighted by molar-refractivity contribution is -0.0312. The van der Waals surface area contributed by atoms with Crippen molar-refractivity contribution >= 4 is 20.0 Å². The predicted molar refractivity (Wildman–Crippen MR) is 143 cm³/mol. The molecule has 2 heterocycles. The van der Waals surface area contributed by atoms with E-state index in [1.807, 2.05) is 26.0 Å². The molecule has 12 heteroatoms. The largest absolute Gasteiger partial charge is 0.491 e. The highest BCUT2D eigenvalue weighted by atomic mass is 32.2. The van der Waals surface area contributed by atoms with Crippen LogP contribution in [0.15, 0.2) is 52.3 Å². The molecule has 2 fully saturated rings. The Kier molecular flexibility index (Phi) is 8.82. The zero-order valence-corrected chi connectivity index (χ0v) is 23.6. The Morgan fingerprint density at radius 3 is 2.58 bits per heavy atom. The molecule has 4 rings (SSSR count). The number of hydrogen-bond acceptors (Lipinski definition) is 8. The van der Waals surface area contributed by atoms with Gasteiger partial charge in [-0.05, 0) is 69.5 Å². The number of sulfonamides is 2. The quantitative estimate of drug-likeness (QED) is 0.394. The molecule has 2 aromatic rings. The van der Waals surface area contributed by atoms with E-state index in [1.165, 1.54) is 19.2 Å². The maximum Gasteiger partial charge on any atom is 0.243 e. The normalized spacial score (nSPS) is 21.0. The molecule has 2 atom stereocenters. The molecular formula is C26H37N3O7S2. The van der Waals surface area contributed by atoms with E-state index in [0.717, 1.165) is 17.5 Å². The highest BCUT2D eigenvalue weighted by Crippen LogP contribution is 2.37. The van der Waals surface area contributed by atoms with Gasteiger partial charge < -0.3 is 19.9 Å². The van der Waals surface area contributed by atoms with Crippen molar-refractivity contribution in [2.24, 2.45) is 0 Å². The van der Waals surface area contributed by atoms with Crippen LogP contribution in [0.2, 0.25) is 0 Å². The van der Waals surface area contributed by atoms with Crippen LogP contribution >= 0.6 is 0 Å². The molecule has 10 nitrogen and oxygen atoms in total. The lowest BCUT2D eigenvalue weighted by Gasteiger charge is -2.38. The fourth-order valence-corrected chi connectivity index (χ4v) is 7.50. The van der Waals surface area contributed by atoms with Gasteiger partial charge in [-0.2, -0.15) is 4.31 Å². The van der Waals surface area contributed by atoms with Gasteiger partial charge in [0, 0.05) is 31.7 Å².